The zero-order valence-corrected chi connectivity index (χ0v) is 19.1. The van der Waals surface area contributed by atoms with Crippen LogP contribution in [0.4, 0.5) is 21.8 Å². The first-order valence-corrected chi connectivity index (χ1v) is 10.9. The standard InChI is InChI=1S/C23H27FN8O/c1-13-9-16-17(25-13)5-6-18(22(16)24)33-23-27-19(26-20-10-14(2)29-30-20)11-21(28-23)32-8-7-15(12-32)31(3)4/h5-6,9-11,15,25H,7-8,12H2,1-4H3,(H2,26,27,28,29,30). The molecule has 3 aromatic heterocycles. The number of anilines is 3. The summed E-state index contributed by atoms with van der Waals surface area (Å²) >= 11 is 0. The predicted molar refractivity (Wildman–Crippen MR) is 126 cm³/mol. The van der Waals surface area contributed by atoms with E-state index in [1.165, 1.54) is 0 Å². The largest absolute Gasteiger partial charge is 0.421 e. The van der Waals surface area contributed by atoms with Crippen molar-refractivity contribution in [3.05, 3.63) is 47.5 Å². The van der Waals surface area contributed by atoms with E-state index in [-0.39, 0.29) is 11.8 Å². The average Bonchev–Trinajstić information content (AvgIpc) is 3.50. The number of aromatic amines is 2. The topological polar surface area (TPSA) is 98.0 Å². The maximum atomic E-state index is 15.1. The van der Waals surface area contributed by atoms with E-state index in [4.69, 9.17) is 4.74 Å². The van der Waals surface area contributed by atoms with Gasteiger partial charge in [-0.15, -0.1) is 0 Å². The number of ether oxygens (including phenoxy) is 1. The Kier molecular flexibility index (Phi) is 5.37. The van der Waals surface area contributed by atoms with Crippen LogP contribution < -0.4 is 15.0 Å². The molecule has 0 amide bonds. The van der Waals surface area contributed by atoms with E-state index >= 15 is 4.39 Å². The molecule has 5 rings (SSSR count). The van der Waals surface area contributed by atoms with Gasteiger partial charge in [-0.25, -0.2) is 4.39 Å². The third-order valence-corrected chi connectivity index (χ3v) is 5.91. The summed E-state index contributed by atoms with van der Waals surface area (Å²) in [7, 11) is 4.16. The summed E-state index contributed by atoms with van der Waals surface area (Å²) in [6, 6.07) is 9.39. The number of nitrogens with one attached hydrogen (secondary N) is 3. The van der Waals surface area contributed by atoms with E-state index < -0.39 is 5.82 Å². The zero-order valence-electron chi connectivity index (χ0n) is 19.1. The van der Waals surface area contributed by atoms with Crippen LogP contribution in [0.25, 0.3) is 10.9 Å². The fourth-order valence-electron chi connectivity index (χ4n) is 4.13. The normalized spacial score (nSPS) is 16.2. The van der Waals surface area contributed by atoms with Crippen molar-refractivity contribution in [2.75, 3.05) is 37.4 Å². The molecule has 10 heteroatoms. The first kappa shape index (κ1) is 21.2. The van der Waals surface area contributed by atoms with Crippen molar-refractivity contribution in [2.24, 2.45) is 0 Å². The molecule has 1 fully saturated rings. The summed E-state index contributed by atoms with van der Waals surface area (Å²) in [5, 5.41) is 10.8. The van der Waals surface area contributed by atoms with Gasteiger partial charge >= 0.3 is 6.01 Å². The van der Waals surface area contributed by atoms with Gasteiger partial charge in [-0.2, -0.15) is 15.1 Å². The number of nitrogens with zero attached hydrogens (tertiary/aromatic N) is 5. The van der Waals surface area contributed by atoms with E-state index in [9.17, 15) is 0 Å². The molecule has 0 aliphatic carbocycles. The van der Waals surface area contributed by atoms with E-state index in [2.05, 4.69) is 54.4 Å². The van der Waals surface area contributed by atoms with Crippen molar-refractivity contribution in [3.8, 4) is 11.8 Å². The van der Waals surface area contributed by atoms with Gasteiger partial charge in [-0.05, 0) is 52.6 Å². The second-order valence-electron chi connectivity index (χ2n) is 8.70. The van der Waals surface area contributed by atoms with Crippen molar-refractivity contribution < 1.29 is 9.13 Å². The molecule has 0 saturated carbocycles. The van der Waals surface area contributed by atoms with Gasteiger partial charge in [-0.3, -0.25) is 5.10 Å². The summed E-state index contributed by atoms with van der Waals surface area (Å²) in [6.07, 6.45) is 1.03. The highest BCUT2D eigenvalue weighted by molar-refractivity contribution is 5.82. The van der Waals surface area contributed by atoms with E-state index in [0.717, 1.165) is 42.2 Å². The fraction of sp³-hybridized carbons (Fsp3) is 0.348. The highest BCUT2D eigenvalue weighted by Gasteiger charge is 2.26. The molecule has 33 heavy (non-hydrogen) atoms. The highest BCUT2D eigenvalue weighted by Crippen LogP contribution is 2.32. The van der Waals surface area contributed by atoms with Crippen molar-refractivity contribution >= 4 is 28.4 Å². The first-order chi connectivity index (χ1) is 15.9. The molecule has 4 heterocycles. The molecular formula is C23H27FN8O. The molecule has 3 N–H and O–H groups in total. The van der Waals surface area contributed by atoms with Crippen molar-refractivity contribution in [3.63, 3.8) is 0 Å². The smallest absolute Gasteiger partial charge is 0.326 e. The molecule has 1 unspecified atom stereocenters. The Bertz CT molecular complexity index is 1300. The third-order valence-electron chi connectivity index (χ3n) is 5.91. The van der Waals surface area contributed by atoms with Crippen LogP contribution >= 0.6 is 0 Å². The van der Waals surface area contributed by atoms with Crippen LogP contribution in [0.1, 0.15) is 17.8 Å². The molecule has 4 aromatic rings. The van der Waals surface area contributed by atoms with Gasteiger partial charge in [0.2, 0.25) is 0 Å². The molecule has 1 aliphatic heterocycles. The van der Waals surface area contributed by atoms with Crippen LogP contribution in [0.5, 0.6) is 11.8 Å². The average molecular weight is 451 g/mol. The van der Waals surface area contributed by atoms with E-state index in [1.807, 2.05) is 26.0 Å². The number of halogens is 1. The van der Waals surface area contributed by atoms with Gasteiger partial charge in [0.1, 0.15) is 11.6 Å². The summed E-state index contributed by atoms with van der Waals surface area (Å²) in [6.45, 7) is 5.51. The Morgan fingerprint density at radius 1 is 1.12 bits per heavy atom. The number of fused-ring (bicyclic) bond motifs is 1. The second kappa shape index (κ2) is 8.36. The quantitative estimate of drug-likeness (QED) is 0.407. The number of hydrogen-bond acceptors (Lipinski definition) is 7. The lowest BCUT2D eigenvalue weighted by Crippen LogP contribution is -2.31. The summed E-state index contributed by atoms with van der Waals surface area (Å²) < 4.78 is 21.0. The minimum atomic E-state index is -0.447. The fourth-order valence-corrected chi connectivity index (χ4v) is 4.13. The van der Waals surface area contributed by atoms with Crippen LogP contribution in [0.15, 0.2) is 30.3 Å². The van der Waals surface area contributed by atoms with E-state index in [0.29, 0.717) is 23.1 Å². The predicted octanol–water partition coefficient (Wildman–Crippen LogP) is 4.11. The minimum Gasteiger partial charge on any atom is -0.421 e. The SMILES string of the molecule is Cc1cc(Nc2cc(N3CCC(N(C)C)C3)nc(Oc3ccc4[nH]c(C)cc4c3F)n2)n[nH]1. The van der Waals surface area contributed by atoms with E-state index in [1.54, 1.807) is 18.2 Å². The first-order valence-electron chi connectivity index (χ1n) is 10.9. The highest BCUT2D eigenvalue weighted by atomic mass is 19.1. The number of rotatable bonds is 6. The van der Waals surface area contributed by atoms with Crippen molar-refractivity contribution in [2.45, 2.75) is 26.3 Å². The molecule has 0 spiro atoms. The Labute approximate surface area is 191 Å². The molecule has 1 aromatic carbocycles. The van der Waals surface area contributed by atoms with Gasteiger partial charge in [-0.1, -0.05) is 0 Å². The lowest BCUT2D eigenvalue weighted by Gasteiger charge is -2.21. The lowest BCUT2D eigenvalue weighted by molar-refractivity contribution is 0.315. The Hall–Kier alpha value is -3.66. The third kappa shape index (κ3) is 4.34. The number of aromatic nitrogens is 5. The maximum absolute atomic E-state index is 15.1. The summed E-state index contributed by atoms with van der Waals surface area (Å²) in [5.41, 5.74) is 2.52. The van der Waals surface area contributed by atoms with Gasteiger partial charge in [0.15, 0.2) is 17.4 Å². The number of aryl methyl sites for hydroxylation is 2. The van der Waals surface area contributed by atoms with Crippen molar-refractivity contribution in [1.29, 1.82) is 0 Å². The van der Waals surface area contributed by atoms with Crippen LogP contribution in [0.3, 0.4) is 0 Å². The molecule has 1 saturated heterocycles. The van der Waals surface area contributed by atoms with Crippen LogP contribution in [-0.2, 0) is 0 Å². The molecular weight excluding hydrogens is 423 g/mol. The second-order valence-corrected chi connectivity index (χ2v) is 8.70. The number of benzene rings is 1. The minimum absolute atomic E-state index is 0.0704. The van der Waals surface area contributed by atoms with Gasteiger partial charge < -0.3 is 24.8 Å². The monoisotopic (exact) mass is 450 g/mol. The Morgan fingerprint density at radius 2 is 1.97 bits per heavy atom. The van der Waals surface area contributed by atoms with Crippen molar-refractivity contribution in [1.82, 2.24) is 30.0 Å². The molecule has 9 nitrogen and oxygen atoms in total. The maximum Gasteiger partial charge on any atom is 0.326 e. The lowest BCUT2D eigenvalue weighted by atomic mass is 10.2. The Balaban J connectivity index is 1.49. The molecule has 1 atom stereocenters. The molecule has 172 valence electrons. The molecule has 0 radical (unpaired) electrons. The van der Waals surface area contributed by atoms with Gasteiger partial charge in [0, 0.05) is 53.6 Å². The number of likely N-dealkylation sites (N-methyl/N-ethyl adjacent to an activating group) is 1. The Morgan fingerprint density at radius 3 is 2.70 bits per heavy atom. The van der Waals surface area contributed by atoms with Crippen LogP contribution in [0, 0.1) is 19.7 Å². The van der Waals surface area contributed by atoms with Gasteiger partial charge in [0.25, 0.3) is 0 Å². The zero-order chi connectivity index (χ0) is 23.1. The van der Waals surface area contributed by atoms with Gasteiger partial charge in [0.05, 0.1) is 0 Å². The molecule has 1 aliphatic rings. The molecule has 0 bridgehead atoms. The summed E-state index contributed by atoms with van der Waals surface area (Å²) in [5.74, 6) is 1.50. The number of hydrogen-bond donors (Lipinski definition) is 3. The summed E-state index contributed by atoms with van der Waals surface area (Å²) in [4.78, 5) is 16.6. The van der Waals surface area contributed by atoms with Crippen LogP contribution in [0.2, 0.25) is 0 Å². The van der Waals surface area contributed by atoms with Crippen LogP contribution in [-0.4, -0.2) is 63.3 Å². The number of H-pyrrole nitrogens is 2.